The second-order valence-electron chi connectivity index (χ2n) is 7.09. The number of carbonyl (C=O) groups is 1. The average molecular weight is 318 g/mol. The predicted octanol–water partition coefficient (Wildman–Crippen LogP) is 3.68. The molecule has 4 heteroatoms. The van der Waals surface area contributed by atoms with Crippen molar-refractivity contribution in [2.75, 3.05) is 13.2 Å². The van der Waals surface area contributed by atoms with Crippen LogP contribution in [0.1, 0.15) is 46.5 Å². The molecule has 1 fully saturated rings. The monoisotopic (exact) mass is 318 g/mol. The third-order valence-corrected chi connectivity index (χ3v) is 4.87. The van der Waals surface area contributed by atoms with E-state index in [1.807, 2.05) is 18.2 Å². The number of aromatic nitrogens is 1. The third kappa shape index (κ3) is 5.52. The molecule has 0 radical (unpaired) electrons. The fraction of sp³-hybridized carbons (Fsp3) is 0.684. The molecule has 0 bridgehead atoms. The van der Waals surface area contributed by atoms with Crippen LogP contribution in [0.2, 0.25) is 0 Å². The number of pyridine rings is 1. The first-order chi connectivity index (χ1) is 11.1. The molecule has 0 spiro atoms. The Bertz CT molecular complexity index is 476. The fourth-order valence-corrected chi connectivity index (χ4v) is 3.53. The first-order valence-corrected chi connectivity index (χ1v) is 8.89. The van der Waals surface area contributed by atoms with Crippen molar-refractivity contribution in [1.29, 1.82) is 0 Å². The molecule has 0 unspecified atom stereocenters. The molecule has 0 saturated heterocycles. The van der Waals surface area contributed by atoms with Crippen molar-refractivity contribution in [2.45, 2.75) is 46.5 Å². The molecule has 1 aromatic heterocycles. The average Bonchev–Trinajstić information content (AvgIpc) is 2.55. The maximum absolute atomic E-state index is 12.5. The zero-order valence-electron chi connectivity index (χ0n) is 14.6. The highest BCUT2D eigenvalue weighted by molar-refractivity contribution is 5.79. The van der Waals surface area contributed by atoms with Crippen LogP contribution in [0, 0.1) is 23.7 Å². The molecule has 4 nitrogen and oxygen atoms in total. The Morgan fingerprint density at radius 3 is 2.91 bits per heavy atom. The zero-order valence-corrected chi connectivity index (χ0v) is 14.6. The van der Waals surface area contributed by atoms with E-state index in [9.17, 15) is 4.79 Å². The van der Waals surface area contributed by atoms with Gasteiger partial charge in [0.1, 0.15) is 0 Å². The highest BCUT2D eigenvalue weighted by Crippen LogP contribution is 2.38. The lowest BCUT2D eigenvalue weighted by Gasteiger charge is -2.36. The number of hydrogen-bond acceptors (Lipinski definition) is 3. The van der Waals surface area contributed by atoms with Crippen LogP contribution < -0.4 is 10.1 Å². The molecule has 1 aromatic rings. The van der Waals surface area contributed by atoms with Gasteiger partial charge in [-0.25, -0.2) is 4.98 Å². The summed E-state index contributed by atoms with van der Waals surface area (Å²) >= 11 is 0. The summed E-state index contributed by atoms with van der Waals surface area (Å²) in [6.07, 6.45) is 5.98. The lowest BCUT2D eigenvalue weighted by Crippen LogP contribution is -2.40. The van der Waals surface area contributed by atoms with Crippen LogP contribution in [0.3, 0.4) is 0 Å². The molecule has 128 valence electrons. The number of ether oxygens (including phenoxy) is 1. The van der Waals surface area contributed by atoms with E-state index >= 15 is 0 Å². The van der Waals surface area contributed by atoms with Gasteiger partial charge in [-0.3, -0.25) is 4.79 Å². The van der Waals surface area contributed by atoms with Gasteiger partial charge in [-0.2, -0.15) is 0 Å². The smallest absolute Gasteiger partial charge is 0.223 e. The molecule has 1 heterocycles. The van der Waals surface area contributed by atoms with Crippen molar-refractivity contribution in [2.24, 2.45) is 23.7 Å². The predicted molar refractivity (Wildman–Crippen MR) is 92.2 cm³/mol. The first kappa shape index (κ1) is 17.8. The molecule has 23 heavy (non-hydrogen) atoms. The quantitative estimate of drug-likeness (QED) is 0.780. The second-order valence-corrected chi connectivity index (χ2v) is 7.09. The van der Waals surface area contributed by atoms with Crippen molar-refractivity contribution in [1.82, 2.24) is 10.3 Å². The van der Waals surface area contributed by atoms with Gasteiger partial charge < -0.3 is 10.1 Å². The summed E-state index contributed by atoms with van der Waals surface area (Å²) < 4.78 is 5.55. The van der Waals surface area contributed by atoms with Crippen LogP contribution in [0.25, 0.3) is 0 Å². The largest absolute Gasteiger partial charge is 0.478 e. The summed E-state index contributed by atoms with van der Waals surface area (Å²) in [6.45, 7) is 7.98. The van der Waals surface area contributed by atoms with E-state index in [2.05, 4.69) is 31.1 Å². The van der Waals surface area contributed by atoms with Crippen molar-refractivity contribution in [3.8, 4) is 5.88 Å². The number of nitrogens with one attached hydrogen (secondary N) is 1. The summed E-state index contributed by atoms with van der Waals surface area (Å²) in [5.41, 5.74) is 0. The minimum Gasteiger partial charge on any atom is -0.478 e. The Kier molecular flexibility index (Phi) is 6.87. The fourth-order valence-electron chi connectivity index (χ4n) is 3.53. The number of carbonyl (C=O) groups excluding carboxylic acids is 1. The van der Waals surface area contributed by atoms with Crippen LogP contribution in [-0.4, -0.2) is 24.0 Å². The Hall–Kier alpha value is -1.58. The molecule has 0 aliphatic heterocycles. The van der Waals surface area contributed by atoms with Crippen LogP contribution in [-0.2, 0) is 4.79 Å². The van der Waals surface area contributed by atoms with Gasteiger partial charge in [-0.05, 0) is 43.1 Å². The van der Waals surface area contributed by atoms with Gasteiger partial charge in [-0.1, -0.05) is 33.3 Å². The molecule has 2 rings (SSSR count). The van der Waals surface area contributed by atoms with E-state index in [0.29, 0.717) is 36.8 Å². The first-order valence-electron chi connectivity index (χ1n) is 8.89. The van der Waals surface area contributed by atoms with Crippen molar-refractivity contribution >= 4 is 5.91 Å². The van der Waals surface area contributed by atoms with Gasteiger partial charge in [0, 0.05) is 24.7 Å². The van der Waals surface area contributed by atoms with Gasteiger partial charge in [0.25, 0.3) is 0 Å². The van der Waals surface area contributed by atoms with E-state index in [0.717, 1.165) is 12.8 Å². The molecule has 1 saturated carbocycles. The molecule has 1 aliphatic rings. The molecular formula is C19H30N2O2. The molecule has 3 atom stereocenters. The molecule has 1 N–H and O–H groups in total. The number of nitrogens with zero attached hydrogens (tertiary/aromatic N) is 1. The normalized spacial score (nSPS) is 24.4. The Morgan fingerprint density at radius 2 is 2.22 bits per heavy atom. The number of amides is 1. The van der Waals surface area contributed by atoms with E-state index in [1.54, 1.807) is 6.20 Å². The van der Waals surface area contributed by atoms with Crippen LogP contribution >= 0.6 is 0 Å². The van der Waals surface area contributed by atoms with E-state index in [1.165, 1.54) is 12.8 Å². The van der Waals surface area contributed by atoms with Gasteiger partial charge in [-0.15, -0.1) is 0 Å². The van der Waals surface area contributed by atoms with Crippen LogP contribution in [0.4, 0.5) is 0 Å². The lowest BCUT2D eigenvalue weighted by molar-refractivity contribution is -0.129. The van der Waals surface area contributed by atoms with Crippen LogP contribution in [0.5, 0.6) is 5.88 Å². The summed E-state index contributed by atoms with van der Waals surface area (Å²) in [5, 5.41) is 3.10. The standard InChI is InChI=1S/C19H30N2O2/c1-14(2)16-9-8-15(3)13-17(16)19(22)21-11-6-12-23-18-7-4-5-10-20-18/h4-5,7,10,14-17H,6,8-9,11-13H2,1-3H3,(H,21,22)/t15-,16+,17-/m1/s1. The van der Waals surface area contributed by atoms with Crippen LogP contribution in [0.15, 0.2) is 24.4 Å². The molecule has 1 aliphatic carbocycles. The summed E-state index contributed by atoms with van der Waals surface area (Å²) in [5.74, 6) is 2.80. The maximum atomic E-state index is 12.5. The van der Waals surface area contributed by atoms with E-state index in [-0.39, 0.29) is 11.8 Å². The molecular weight excluding hydrogens is 288 g/mol. The Balaban J connectivity index is 1.70. The zero-order chi connectivity index (χ0) is 16.7. The van der Waals surface area contributed by atoms with E-state index < -0.39 is 0 Å². The summed E-state index contributed by atoms with van der Waals surface area (Å²) in [4.78, 5) is 16.6. The maximum Gasteiger partial charge on any atom is 0.223 e. The summed E-state index contributed by atoms with van der Waals surface area (Å²) in [7, 11) is 0. The topological polar surface area (TPSA) is 51.2 Å². The summed E-state index contributed by atoms with van der Waals surface area (Å²) in [6, 6.07) is 5.61. The van der Waals surface area contributed by atoms with Crippen molar-refractivity contribution in [3.05, 3.63) is 24.4 Å². The molecule has 0 aromatic carbocycles. The Labute approximate surface area is 140 Å². The number of rotatable bonds is 7. The highest BCUT2D eigenvalue weighted by Gasteiger charge is 2.35. The molecule has 1 amide bonds. The number of hydrogen-bond donors (Lipinski definition) is 1. The van der Waals surface area contributed by atoms with Gasteiger partial charge >= 0.3 is 0 Å². The van der Waals surface area contributed by atoms with Gasteiger partial charge in [0.2, 0.25) is 11.8 Å². The van der Waals surface area contributed by atoms with Crippen molar-refractivity contribution in [3.63, 3.8) is 0 Å². The highest BCUT2D eigenvalue weighted by atomic mass is 16.5. The third-order valence-electron chi connectivity index (χ3n) is 4.87. The van der Waals surface area contributed by atoms with Gasteiger partial charge in [0.15, 0.2) is 0 Å². The minimum atomic E-state index is 0.176. The second kappa shape index (κ2) is 8.90. The van der Waals surface area contributed by atoms with Gasteiger partial charge in [0.05, 0.1) is 6.61 Å². The minimum absolute atomic E-state index is 0.176. The SMILES string of the molecule is CC(C)[C@@H]1CC[C@@H](C)C[C@H]1C(=O)NCCCOc1ccccn1. The van der Waals surface area contributed by atoms with E-state index in [4.69, 9.17) is 4.74 Å². The Morgan fingerprint density at radius 1 is 1.39 bits per heavy atom. The van der Waals surface area contributed by atoms with Crippen molar-refractivity contribution < 1.29 is 9.53 Å². The lowest BCUT2D eigenvalue weighted by atomic mass is 9.70.